The molecule has 4 fully saturated rings. The third-order valence-corrected chi connectivity index (χ3v) is 14.1. The average molecular weight is 877 g/mol. The third-order valence-electron chi connectivity index (χ3n) is 14.1. The zero-order valence-corrected chi connectivity index (χ0v) is 36.5. The zero-order chi connectivity index (χ0) is 44.2. The van der Waals surface area contributed by atoms with E-state index in [1.807, 2.05) is 18.9 Å². The lowest BCUT2D eigenvalue weighted by Crippen LogP contribution is -2.60. The Balaban J connectivity index is 0.859. The number of nitrogens with one attached hydrogen (secondary N) is 2. The molecule has 64 heavy (non-hydrogen) atoms. The summed E-state index contributed by atoms with van der Waals surface area (Å²) in [5, 5.41) is 9.84. The number of imide groups is 1. The number of carbonyl (C=O) groups excluding carboxylic acids is 3. The van der Waals surface area contributed by atoms with Gasteiger partial charge < -0.3 is 23.8 Å². The van der Waals surface area contributed by atoms with Crippen LogP contribution in [0.4, 0.5) is 26.1 Å². The molecule has 4 bridgehead atoms. The lowest BCUT2D eigenvalue weighted by Gasteiger charge is -2.48. The molecular formula is C47H54F2N10O5. The van der Waals surface area contributed by atoms with Gasteiger partial charge in [0.2, 0.25) is 23.6 Å². The first-order chi connectivity index (χ1) is 31.0. The lowest BCUT2D eigenvalue weighted by atomic mass is 9.89. The number of hydrogen-bond acceptors (Lipinski definition) is 11. The van der Waals surface area contributed by atoms with Crippen LogP contribution < -0.4 is 25.2 Å². The second-order valence-corrected chi connectivity index (χ2v) is 18.2. The summed E-state index contributed by atoms with van der Waals surface area (Å²) in [6.07, 6.45) is 6.60. The fraction of sp³-hybridized carbons (Fsp3) is 0.489. The number of aromatic nitrogens is 5. The predicted molar refractivity (Wildman–Crippen MR) is 236 cm³/mol. The van der Waals surface area contributed by atoms with Gasteiger partial charge in [-0.1, -0.05) is 0 Å². The quantitative estimate of drug-likeness (QED) is 0.199. The number of carbonyl (C=O) groups is 3. The molecule has 15 nitrogen and oxygen atoms in total. The first kappa shape index (κ1) is 42.0. The molecule has 10 rings (SSSR count). The number of aryl methyl sites for hydroxylation is 2. The van der Waals surface area contributed by atoms with Crippen molar-refractivity contribution in [2.45, 2.75) is 76.4 Å². The number of ether oxygens (including phenoxy) is 2. The minimum atomic E-state index is -1.03. The number of rotatable bonds is 6. The van der Waals surface area contributed by atoms with Gasteiger partial charge in [-0.15, -0.1) is 0 Å². The molecule has 4 aliphatic heterocycles. The molecule has 7 heterocycles. The summed E-state index contributed by atoms with van der Waals surface area (Å²) in [5.74, 6) is -1.97. The molecule has 4 atom stereocenters. The highest BCUT2D eigenvalue weighted by Crippen LogP contribution is 2.38. The monoisotopic (exact) mass is 876 g/mol. The summed E-state index contributed by atoms with van der Waals surface area (Å²) in [6, 6.07) is 13.0. The average Bonchev–Trinajstić information content (AvgIpc) is 3.99. The van der Waals surface area contributed by atoms with E-state index in [9.17, 15) is 14.4 Å². The maximum Gasteiger partial charge on any atom is 0.258 e. The van der Waals surface area contributed by atoms with Crippen LogP contribution in [-0.2, 0) is 27.9 Å². The van der Waals surface area contributed by atoms with Crippen LogP contribution in [0.2, 0.25) is 0 Å². The normalized spacial score (nSPS) is 23.5. The maximum absolute atomic E-state index is 15.4. The van der Waals surface area contributed by atoms with Crippen LogP contribution in [0.1, 0.15) is 72.5 Å². The first-order valence-corrected chi connectivity index (χ1v) is 22.5. The molecule has 3 saturated heterocycles. The molecule has 0 unspecified atom stereocenters. The number of fused-ring (bicyclic) bond motifs is 9. The topological polar surface area (TPSA) is 152 Å². The fourth-order valence-electron chi connectivity index (χ4n) is 10.9. The minimum Gasteiger partial charge on any atom is -0.477 e. The molecule has 1 saturated carbocycles. The first-order valence-electron chi connectivity index (χ1n) is 22.5. The second kappa shape index (κ2) is 17.2. The van der Waals surface area contributed by atoms with Crippen LogP contribution in [0, 0.1) is 30.4 Å². The number of hydrogen-bond donors (Lipinski definition) is 2. The highest BCUT2D eigenvalue weighted by Gasteiger charge is 2.37. The van der Waals surface area contributed by atoms with Crippen LogP contribution in [0.15, 0.2) is 48.7 Å². The van der Waals surface area contributed by atoms with Crippen LogP contribution in [0.25, 0.3) is 22.3 Å². The molecule has 5 aromatic rings. The van der Waals surface area contributed by atoms with Gasteiger partial charge in [-0.25, -0.2) is 18.4 Å². The Morgan fingerprint density at radius 2 is 1.66 bits per heavy atom. The van der Waals surface area contributed by atoms with Gasteiger partial charge in [0.1, 0.15) is 11.6 Å². The Hall–Kier alpha value is -5.94. The Kier molecular flexibility index (Phi) is 11.3. The Morgan fingerprint density at radius 3 is 2.44 bits per heavy atom. The number of methoxy groups -OCH3 is 1. The van der Waals surface area contributed by atoms with Gasteiger partial charge in [-0.3, -0.25) is 34.9 Å². The number of benzene rings is 2. The number of amides is 3. The molecule has 0 spiro atoms. The van der Waals surface area contributed by atoms with E-state index in [4.69, 9.17) is 19.4 Å². The van der Waals surface area contributed by atoms with Crippen molar-refractivity contribution in [1.29, 1.82) is 0 Å². The van der Waals surface area contributed by atoms with Gasteiger partial charge in [0.25, 0.3) is 5.91 Å². The molecule has 0 radical (unpaired) electrons. The SMILES string of the molecule is COC[C@H]1CN(c2ccc3nc4n(c3c2)C[C@@H]2CC[C@H](COc3c(cnn3C)-c3cc(cc(C)n3)C(=O)N4)C2)CCN1C1CCN(c2cc(F)c([C@H]3CCC(=O)NC3=O)c(F)c2)CC1. The van der Waals surface area contributed by atoms with Gasteiger partial charge in [-0.05, 0) is 99.7 Å². The van der Waals surface area contributed by atoms with Crippen molar-refractivity contribution in [2.75, 3.05) is 68.2 Å². The predicted octanol–water partition coefficient (Wildman–Crippen LogP) is 5.81. The van der Waals surface area contributed by atoms with Gasteiger partial charge in [0.15, 0.2) is 0 Å². The summed E-state index contributed by atoms with van der Waals surface area (Å²) in [5.41, 5.74) is 5.62. The molecule has 336 valence electrons. The molecule has 3 aromatic heterocycles. The molecule has 1 aliphatic carbocycles. The van der Waals surface area contributed by atoms with Crippen LogP contribution in [-0.4, -0.2) is 112 Å². The summed E-state index contributed by atoms with van der Waals surface area (Å²) < 4.78 is 47.0. The second-order valence-electron chi connectivity index (χ2n) is 18.2. The van der Waals surface area contributed by atoms with Gasteiger partial charge >= 0.3 is 0 Å². The largest absolute Gasteiger partial charge is 0.477 e. The molecular weight excluding hydrogens is 823 g/mol. The van der Waals surface area contributed by atoms with E-state index in [0.717, 1.165) is 74.0 Å². The van der Waals surface area contributed by atoms with E-state index in [1.165, 1.54) is 12.1 Å². The van der Waals surface area contributed by atoms with E-state index in [-0.39, 0.29) is 36.4 Å². The Labute approximate surface area is 370 Å². The summed E-state index contributed by atoms with van der Waals surface area (Å²) in [4.78, 5) is 54.8. The van der Waals surface area contributed by atoms with E-state index in [1.54, 1.807) is 30.1 Å². The highest BCUT2D eigenvalue weighted by molar-refractivity contribution is 6.05. The van der Waals surface area contributed by atoms with Crippen molar-refractivity contribution in [3.8, 4) is 17.1 Å². The van der Waals surface area contributed by atoms with E-state index >= 15 is 8.78 Å². The van der Waals surface area contributed by atoms with Crippen LogP contribution in [0.5, 0.6) is 5.88 Å². The van der Waals surface area contributed by atoms with Crippen LogP contribution >= 0.6 is 0 Å². The maximum atomic E-state index is 15.4. The lowest BCUT2D eigenvalue weighted by molar-refractivity contribution is -0.134. The Morgan fingerprint density at radius 1 is 0.859 bits per heavy atom. The summed E-state index contributed by atoms with van der Waals surface area (Å²) in [6.45, 7) is 7.35. The van der Waals surface area contributed by atoms with Crippen LogP contribution in [0.3, 0.4) is 0 Å². The van der Waals surface area contributed by atoms with Crippen molar-refractivity contribution in [1.82, 2.24) is 34.5 Å². The van der Waals surface area contributed by atoms with E-state index < -0.39 is 29.4 Å². The molecule has 2 N–H and O–H groups in total. The molecule has 3 amide bonds. The van der Waals surface area contributed by atoms with Crippen molar-refractivity contribution in [3.63, 3.8) is 0 Å². The number of piperazine rings is 1. The van der Waals surface area contributed by atoms with Gasteiger partial charge in [-0.2, -0.15) is 5.10 Å². The number of anilines is 3. The Bertz CT molecular complexity index is 2600. The summed E-state index contributed by atoms with van der Waals surface area (Å²) in [7, 11) is 3.59. The number of pyridine rings is 1. The minimum absolute atomic E-state index is 0.0485. The summed E-state index contributed by atoms with van der Waals surface area (Å²) >= 11 is 0. The molecule has 2 aromatic carbocycles. The van der Waals surface area contributed by atoms with Crippen molar-refractivity contribution >= 4 is 46.1 Å². The van der Waals surface area contributed by atoms with Gasteiger partial charge in [0, 0.05) is 94.1 Å². The van der Waals surface area contributed by atoms with Crippen molar-refractivity contribution in [3.05, 3.63) is 77.1 Å². The van der Waals surface area contributed by atoms with Crippen molar-refractivity contribution in [2.24, 2.45) is 18.9 Å². The van der Waals surface area contributed by atoms with E-state index in [0.29, 0.717) is 79.2 Å². The number of nitrogens with zero attached hydrogens (tertiary/aromatic N) is 8. The zero-order valence-electron chi connectivity index (χ0n) is 36.5. The number of imidazole rings is 1. The number of halogens is 2. The number of piperidine rings is 2. The fourth-order valence-corrected chi connectivity index (χ4v) is 10.9. The van der Waals surface area contributed by atoms with Gasteiger partial charge in [0.05, 0.1) is 53.7 Å². The molecule has 5 aliphatic rings. The highest BCUT2D eigenvalue weighted by atomic mass is 19.1. The van der Waals surface area contributed by atoms with Crippen molar-refractivity contribution < 1.29 is 32.6 Å². The smallest absolute Gasteiger partial charge is 0.258 e. The molecule has 17 heteroatoms. The van der Waals surface area contributed by atoms with E-state index in [2.05, 4.69) is 48.3 Å². The third kappa shape index (κ3) is 8.08. The standard InChI is InChI=1S/C47H54F2N10O5/c1-27-16-30-18-40(51-27)36-22-50-55(2)46(36)64-25-29-5-4-28(17-29)23-59-41-21-32(6-8-39(41)52-47(59)54-44(30)61)57-14-15-58(34(24-57)26-63-3)31-10-12-56(13-11-31)33-19-37(48)43(38(49)20-33)35-7-9-42(60)53-45(35)62/h6,8,16,18-22,28-29,31,34-35H,4-5,7,9-15,17,23-26H2,1-3H3,(H,52,54,61)(H,53,60,62)/t28-,29+,34-,35-/m1/s1.